The van der Waals surface area contributed by atoms with Crippen LogP contribution in [0.1, 0.15) is 15.9 Å². The quantitative estimate of drug-likeness (QED) is 0.311. The number of anilines is 1. The van der Waals surface area contributed by atoms with Crippen LogP contribution in [0.5, 0.6) is 0 Å². The van der Waals surface area contributed by atoms with E-state index in [2.05, 4.69) is 11.3 Å². The fraction of sp³-hybridized carbons (Fsp3) is 0.167. The third-order valence-corrected chi connectivity index (χ3v) is 5.63. The average Bonchev–Trinajstić information content (AvgIpc) is 2.65. The van der Waals surface area contributed by atoms with Crippen LogP contribution in [-0.2, 0) is 14.8 Å². The number of hydrogen-bond donors (Lipinski definition) is 0. The largest absolute Gasteiger partial charge is 0.465 e. The molecular formula is C18H18N2O6S. The lowest BCUT2D eigenvalue weighted by Gasteiger charge is -2.23. The summed E-state index contributed by atoms with van der Waals surface area (Å²) < 4.78 is 31.8. The second-order valence-corrected chi connectivity index (χ2v) is 7.43. The number of ether oxygens (including phenoxy) is 1. The monoisotopic (exact) mass is 390 g/mol. The van der Waals surface area contributed by atoms with Crippen LogP contribution < -0.4 is 4.31 Å². The summed E-state index contributed by atoms with van der Waals surface area (Å²) in [5.74, 6) is -0.547. The highest BCUT2D eigenvalue weighted by Crippen LogP contribution is 2.28. The number of aryl methyl sites for hydroxylation is 1. The minimum Gasteiger partial charge on any atom is -0.465 e. The third kappa shape index (κ3) is 4.14. The van der Waals surface area contributed by atoms with Crippen molar-refractivity contribution in [2.24, 2.45) is 0 Å². The molecule has 0 atom stereocenters. The van der Waals surface area contributed by atoms with Crippen LogP contribution in [0.25, 0.3) is 0 Å². The summed E-state index contributed by atoms with van der Waals surface area (Å²) in [6.07, 6.45) is 1.40. The molecule has 0 bridgehead atoms. The molecule has 0 saturated carbocycles. The van der Waals surface area contributed by atoms with Gasteiger partial charge in [-0.05, 0) is 37.3 Å². The number of nitro benzene ring substituents is 1. The van der Waals surface area contributed by atoms with Gasteiger partial charge in [-0.2, -0.15) is 0 Å². The minimum absolute atomic E-state index is 0.0540. The van der Waals surface area contributed by atoms with Gasteiger partial charge in [0.1, 0.15) is 0 Å². The van der Waals surface area contributed by atoms with Crippen molar-refractivity contribution in [3.05, 3.63) is 76.4 Å². The molecule has 0 radical (unpaired) electrons. The molecule has 27 heavy (non-hydrogen) atoms. The van der Waals surface area contributed by atoms with Gasteiger partial charge in [0.2, 0.25) is 0 Å². The number of methoxy groups -OCH3 is 1. The first-order valence-corrected chi connectivity index (χ1v) is 9.23. The summed E-state index contributed by atoms with van der Waals surface area (Å²) in [7, 11) is -2.84. The van der Waals surface area contributed by atoms with E-state index in [1.807, 2.05) is 0 Å². The number of hydrogen-bond acceptors (Lipinski definition) is 6. The third-order valence-electron chi connectivity index (χ3n) is 3.84. The maximum absolute atomic E-state index is 13.0. The molecule has 0 heterocycles. The molecule has 8 nitrogen and oxygen atoms in total. The van der Waals surface area contributed by atoms with E-state index in [9.17, 15) is 23.3 Å². The predicted octanol–water partition coefficient (Wildman–Crippen LogP) is 3.07. The number of nitro groups is 1. The van der Waals surface area contributed by atoms with Gasteiger partial charge in [-0.3, -0.25) is 14.4 Å². The molecule has 0 aliphatic rings. The van der Waals surface area contributed by atoms with Crippen molar-refractivity contribution < 1.29 is 22.9 Å². The van der Waals surface area contributed by atoms with E-state index >= 15 is 0 Å². The summed E-state index contributed by atoms with van der Waals surface area (Å²) >= 11 is 0. The molecule has 0 amide bonds. The van der Waals surface area contributed by atoms with E-state index < -0.39 is 20.9 Å². The number of sulfonamides is 1. The Balaban J connectivity index is 2.52. The van der Waals surface area contributed by atoms with Crippen LogP contribution in [0.15, 0.2) is 60.0 Å². The SMILES string of the molecule is C=CCN(c1ccc(C(=O)OC)cc1)S(=O)(=O)c1ccc(C)c([N+](=O)[O-])c1. The Hall–Kier alpha value is -3.20. The fourth-order valence-corrected chi connectivity index (χ4v) is 3.87. The molecule has 2 aromatic rings. The highest BCUT2D eigenvalue weighted by molar-refractivity contribution is 7.92. The van der Waals surface area contributed by atoms with Crippen LogP contribution in [0.4, 0.5) is 11.4 Å². The summed E-state index contributed by atoms with van der Waals surface area (Å²) in [6.45, 7) is 5.04. The smallest absolute Gasteiger partial charge is 0.337 e. The lowest BCUT2D eigenvalue weighted by Crippen LogP contribution is -2.31. The Morgan fingerprint density at radius 1 is 1.26 bits per heavy atom. The van der Waals surface area contributed by atoms with E-state index in [0.29, 0.717) is 5.56 Å². The van der Waals surface area contributed by atoms with Gasteiger partial charge in [-0.25, -0.2) is 13.2 Å². The van der Waals surface area contributed by atoms with Crippen molar-refractivity contribution in [1.29, 1.82) is 0 Å². The van der Waals surface area contributed by atoms with Gasteiger partial charge in [0.15, 0.2) is 0 Å². The molecule has 9 heteroatoms. The number of nitrogens with zero attached hydrogens (tertiary/aromatic N) is 2. The summed E-state index contributed by atoms with van der Waals surface area (Å²) in [5, 5.41) is 11.1. The Morgan fingerprint density at radius 3 is 2.41 bits per heavy atom. The van der Waals surface area contributed by atoms with Crippen molar-refractivity contribution in [3.8, 4) is 0 Å². The van der Waals surface area contributed by atoms with Crippen LogP contribution in [0.3, 0.4) is 0 Å². The molecular weight excluding hydrogens is 372 g/mol. The average molecular weight is 390 g/mol. The number of rotatable bonds is 7. The fourth-order valence-electron chi connectivity index (χ4n) is 2.41. The second-order valence-electron chi connectivity index (χ2n) is 5.57. The zero-order valence-electron chi connectivity index (χ0n) is 14.8. The second kappa shape index (κ2) is 8.00. The molecule has 142 valence electrons. The summed E-state index contributed by atoms with van der Waals surface area (Å²) in [5.41, 5.74) is 0.626. The Labute approximate surface area is 156 Å². The van der Waals surface area contributed by atoms with Gasteiger partial charge in [0.25, 0.3) is 15.7 Å². The van der Waals surface area contributed by atoms with Crippen LogP contribution in [0, 0.1) is 17.0 Å². The maximum atomic E-state index is 13.0. The lowest BCUT2D eigenvalue weighted by molar-refractivity contribution is -0.385. The molecule has 0 N–H and O–H groups in total. The first kappa shape index (κ1) is 20.1. The van der Waals surface area contributed by atoms with Gasteiger partial charge in [0, 0.05) is 11.6 Å². The van der Waals surface area contributed by atoms with Crippen molar-refractivity contribution in [1.82, 2.24) is 0 Å². The van der Waals surface area contributed by atoms with Crippen LogP contribution in [-0.4, -0.2) is 33.0 Å². The van der Waals surface area contributed by atoms with Gasteiger partial charge >= 0.3 is 5.97 Å². The number of carbonyl (C=O) groups excluding carboxylic acids is 1. The Bertz CT molecular complexity index is 983. The van der Waals surface area contributed by atoms with E-state index in [-0.39, 0.29) is 28.4 Å². The first-order valence-electron chi connectivity index (χ1n) is 7.79. The van der Waals surface area contributed by atoms with E-state index in [1.165, 1.54) is 56.5 Å². The van der Waals surface area contributed by atoms with Gasteiger partial charge in [-0.15, -0.1) is 6.58 Å². The van der Waals surface area contributed by atoms with Gasteiger partial charge in [-0.1, -0.05) is 12.1 Å². The number of esters is 1. The highest BCUT2D eigenvalue weighted by Gasteiger charge is 2.27. The molecule has 0 aliphatic heterocycles. The van der Waals surface area contributed by atoms with E-state index in [0.717, 1.165) is 10.4 Å². The topological polar surface area (TPSA) is 107 Å². The molecule has 2 aromatic carbocycles. The molecule has 0 spiro atoms. The highest BCUT2D eigenvalue weighted by atomic mass is 32.2. The van der Waals surface area contributed by atoms with Crippen molar-refractivity contribution in [2.45, 2.75) is 11.8 Å². The normalized spacial score (nSPS) is 10.9. The zero-order chi connectivity index (χ0) is 20.2. The maximum Gasteiger partial charge on any atom is 0.337 e. The van der Waals surface area contributed by atoms with E-state index in [1.54, 1.807) is 0 Å². The standard InChI is InChI=1S/C18H18N2O6S/c1-4-11-19(15-8-6-14(7-9-15)18(21)26-3)27(24,25)16-10-5-13(2)17(12-16)20(22)23/h4-10,12H,1,11H2,2-3H3. The minimum atomic E-state index is -4.09. The molecule has 0 aliphatic carbocycles. The van der Waals surface area contributed by atoms with Crippen molar-refractivity contribution >= 4 is 27.4 Å². The predicted molar refractivity (Wildman–Crippen MR) is 100 cm³/mol. The summed E-state index contributed by atoms with van der Waals surface area (Å²) in [6, 6.07) is 9.51. The zero-order valence-corrected chi connectivity index (χ0v) is 15.6. The number of carbonyl (C=O) groups is 1. The first-order chi connectivity index (χ1) is 12.7. The Kier molecular flexibility index (Phi) is 5.96. The Morgan fingerprint density at radius 2 is 1.89 bits per heavy atom. The van der Waals surface area contributed by atoms with Gasteiger partial charge in [0.05, 0.1) is 34.7 Å². The number of benzene rings is 2. The lowest BCUT2D eigenvalue weighted by atomic mass is 10.2. The van der Waals surface area contributed by atoms with Crippen molar-refractivity contribution in [2.75, 3.05) is 18.0 Å². The summed E-state index contributed by atoms with van der Waals surface area (Å²) in [4.78, 5) is 21.8. The van der Waals surface area contributed by atoms with Crippen molar-refractivity contribution in [3.63, 3.8) is 0 Å². The molecule has 2 rings (SSSR count). The van der Waals surface area contributed by atoms with E-state index in [4.69, 9.17) is 0 Å². The van der Waals surface area contributed by atoms with Crippen LogP contribution >= 0.6 is 0 Å². The van der Waals surface area contributed by atoms with Gasteiger partial charge < -0.3 is 4.74 Å². The molecule has 0 aromatic heterocycles. The molecule has 0 fully saturated rings. The van der Waals surface area contributed by atoms with Crippen LogP contribution in [0.2, 0.25) is 0 Å². The molecule has 0 saturated heterocycles. The molecule has 0 unspecified atom stereocenters.